The van der Waals surface area contributed by atoms with Crippen molar-refractivity contribution < 1.29 is 26.3 Å². The van der Waals surface area contributed by atoms with Crippen LogP contribution in [0.25, 0.3) is 0 Å². The standard InChI is InChI=1S/C6H7F6N/c1-3-5(8,9)4(7)13(2)6(10,11)12/h3-4H,1H2,2H3. The van der Waals surface area contributed by atoms with Gasteiger partial charge in [-0.2, -0.15) is 26.9 Å². The molecule has 0 saturated carbocycles. The first kappa shape index (κ1) is 12.3. The Kier molecular flexibility index (Phi) is 3.37. The molecule has 0 aromatic carbocycles. The Morgan fingerprint density at radius 1 is 1.23 bits per heavy atom. The van der Waals surface area contributed by atoms with Gasteiger partial charge in [0.1, 0.15) is 0 Å². The SMILES string of the molecule is C=CC(F)(F)C(F)N(C)C(F)(F)F. The van der Waals surface area contributed by atoms with Gasteiger partial charge in [-0.05, 0) is 13.1 Å². The van der Waals surface area contributed by atoms with Crippen molar-refractivity contribution >= 4 is 0 Å². The number of alkyl halides is 6. The van der Waals surface area contributed by atoms with Crippen LogP contribution in [-0.4, -0.2) is 30.5 Å². The van der Waals surface area contributed by atoms with Gasteiger partial charge in [-0.25, -0.2) is 4.39 Å². The van der Waals surface area contributed by atoms with E-state index in [0.29, 0.717) is 0 Å². The van der Waals surface area contributed by atoms with E-state index in [1.54, 1.807) is 0 Å². The molecule has 78 valence electrons. The number of rotatable bonds is 3. The van der Waals surface area contributed by atoms with Crippen LogP contribution in [0.5, 0.6) is 0 Å². The van der Waals surface area contributed by atoms with Crippen molar-refractivity contribution in [2.75, 3.05) is 7.05 Å². The van der Waals surface area contributed by atoms with Gasteiger partial charge in [0.25, 0.3) is 0 Å². The number of hydrogen-bond donors (Lipinski definition) is 0. The first-order valence-electron chi connectivity index (χ1n) is 3.08. The molecule has 0 bridgehead atoms. The lowest BCUT2D eigenvalue weighted by Gasteiger charge is -2.27. The van der Waals surface area contributed by atoms with E-state index in [4.69, 9.17) is 0 Å². The highest BCUT2D eigenvalue weighted by atomic mass is 19.4. The summed E-state index contributed by atoms with van der Waals surface area (Å²) < 4.78 is 72.1. The molecule has 1 nitrogen and oxygen atoms in total. The maximum absolute atomic E-state index is 12.5. The Balaban J connectivity index is 4.61. The molecule has 0 aliphatic carbocycles. The zero-order chi connectivity index (χ0) is 10.9. The zero-order valence-electron chi connectivity index (χ0n) is 6.58. The summed E-state index contributed by atoms with van der Waals surface area (Å²) >= 11 is 0. The number of halogens is 6. The molecule has 0 amide bonds. The molecule has 0 fully saturated rings. The minimum atomic E-state index is -5.13. The molecule has 7 heteroatoms. The first-order valence-corrected chi connectivity index (χ1v) is 3.08. The largest absolute Gasteiger partial charge is 0.462 e. The molecule has 13 heavy (non-hydrogen) atoms. The van der Waals surface area contributed by atoms with Crippen LogP contribution >= 0.6 is 0 Å². The minimum absolute atomic E-state index is 0.167. The fourth-order valence-corrected chi connectivity index (χ4v) is 0.484. The van der Waals surface area contributed by atoms with Crippen LogP contribution in [0.1, 0.15) is 0 Å². The van der Waals surface area contributed by atoms with Crippen molar-refractivity contribution in [3.8, 4) is 0 Å². The smallest absolute Gasteiger partial charge is 0.223 e. The molecule has 0 heterocycles. The molecule has 0 aliphatic heterocycles. The summed E-state index contributed by atoms with van der Waals surface area (Å²) in [7, 11) is 0.197. The fraction of sp³-hybridized carbons (Fsp3) is 0.667. The third-order valence-corrected chi connectivity index (χ3v) is 1.33. The lowest BCUT2D eigenvalue weighted by atomic mass is 10.3. The average Bonchev–Trinajstić information content (AvgIpc) is 2.00. The molecule has 0 spiro atoms. The van der Waals surface area contributed by atoms with Crippen molar-refractivity contribution in [1.29, 1.82) is 0 Å². The predicted octanol–water partition coefficient (Wildman–Crippen LogP) is 2.55. The van der Waals surface area contributed by atoms with Gasteiger partial charge in [0.05, 0.1) is 0 Å². The lowest BCUT2D eigenvalue weighted by Crippen LogP contribution is -2.48. The second kappa shape index (κ2) is 3.57. The van der Waals surface area contributed by atoms with E-state index in [9.17, 15) is 26.3 Å². The van der Waals surface area contributed by atoms with Crippen molar-refractivity contribution in [1.82, 2.24) is 4.90 Å². The Morgan fingerprint density at radius 2 is 1.62 bits per heavy atom. The van der Waals surface area contributed by atoms with Crippen molar-refractivity contribution in [2.45, 2.75) is 18.5 Å². The lowest BCUT2D eigenvalue weighted by molar-refractivity contribution is -0.286. The summed E-state index contributed by atoms with van der Waals surface area (Å²) in [5.41, 5.74) is 0. The molecule has 0 N–H and O–H groups in total. The van der Waals surface area contributed by atoms with Gasteiger partial charge in [0.15, 0.2) is 0 Å². The molecule has 0 aliphatic rings. The molecule has 0 saturated heterocycles. The van der Waals surface area contributed by atoms with Crippen LogP contribution in [0.4, 0.5) is 26.3 Å². The Bertz CT molecular complexity index is 186. The van der Waals surface area contributed by atoms with Crippen LogP contribution in [-0.2, 0) is 0 Å². The molecule has 0 rings (SSSR count). The fourth-order valence-electron chi connectivity index (χ4n) is 0.484. The Labute approximate surface area is 70.6 Å². The van der Waals surface area contributed by atoms with Crippen LogP contribution < -0.4 is 0 Å². The van der Waals surface area contributed by atoms with Gasteiger partial charge >= 0.3 is 12.2 Å². The summed E-state index contributed by atoms with van der Waals surface area (Å²) in [4.78, 5) is -1.02. The van der Waals surface area contributed by atoms with Gasteiger partial charge in [-0.1, -0.05) is 6.58 Å². The van der Waals surface area contributed by atoms with Gasteiger partial charge in [0, 0.05) is 0 Å². The van der Waals surface area contributed by atoms with Gasteiger partial charge in [-0.15, -0.1) is 0 Å². The maximum Gasteiger partial charge on any atom is 0.462 e. The van der Waals surface area contributed by atoms with Gasteiger partial charge in [0.2, 0.25) is 6.30 Å². The van der Waals surface area contributed by atoms with Crippen molar-refractivity contribution in [3.05, 3.63) is 12.7 Å². The maximum atomic E-state index is 12.5. The minimum Gasteiger partial charge on any atom is -0.223 e. The van der Waals surface area contributed by atoms with E-state index in [2.05, 4.69) is 6.58 Å². The summed E-state index contributed by atoms with van der Waals surface area (Å²) in [6.07, 6.45) is -8.75. The van der Waals surface area contributed by atoms with E-state index in [0.717, 1.165) is 0 Å². The highest BCUT2D eigenvalue weighted by Gasteiger charge is 2.49. The Hall–Kier alpha value is -0.720. The number of hydrogen-bond acceptors (Lipinski definition) is 1. The third kappa shape index (κ3) is 2.91. The summed E-state index contributed by atoms with van der Waals surface area (Å²) in [5.74, 6) is -4.22. The predicted molar refractivity (Wildman–Crippen MR) is 33.9 cm³/mol. The topological polar surface area (TPSA) is 3.24 Å². The summed E-state index contributed by atoms with van der Waals surface area (Å²) in [6.45, 7) is 2.53. The summed E-state index contributed by atoms with van der Waals surface area (Å²) in [5, 5.41) is 0. The second-order valence-corrected chi connectivity index (χ2v) is 2.29. The summed E-state index contributed by atoms with van der Waals surface area (Å²) in [6, 6.07) is 0. The van der Waals surface area contributed by atoms with Crippen LogP contribution in [0.15, 0.2) is 12.7 Å². The molecular formula is C6H7F6N. The monoisotopic (exact) mass is 207 g/mol. The highest BCUT2D eigenvalue weighted by Crippen LogP contribution is 2.31. The third-order valence-electron chi connectivity index (χ3n) is 1.33. The van der Waals surface area contributed by atoms with Crippen LogP contribution in [0, 0.1) is 0 Å². The van der Waals surface area contributed by atoms with E-state index in [-0.39, 0.29) is 13.1 Å². The first-order chi connectivity index (χ1) is 5.63. The highest BCUT2D eigenvalue weighted by molar-refractivity contribution is 4.92. The molecule has 0 aromatic rings. The molecule has 1 atom stereocenters. The second-order valence-electron chi connectivity index (χ2n) is 2.29. The van der Waals surface area contributed by atoms with Gasteiger partial charge < -0.3 is 0 Å². The average molecular weight is 207 g/mol. The van der Waals surface area contributed by atoms with Crippen LogP contribution in [0.3, 0.4) is 0 Å². The zero-order valence-corrected chi connectivity index (χ0v) is 6.58. The van der Waals surface area contributed by atoms with Crippen LogP contribution in [0.2, 0.25) is 0 Å². The Morgan fingerprint density at radius 3 is 1.85 bits per heavy atom. The van der Waals surface area contributed by atoms with E-state index >= 15 is 0 Å². The van der Waals surface area contributed by atoms with E-state index in [1.165, 1.54) is 0 Å². The molecular weight excluding hydrogens is 200 g/mol. The van der Waals surface area contributed by atoms with E-state index in [1.807, 2.05) is 0 Å². The van der Waals surface area contributed by atoms with Crippen molar-refractivity contribution in [3.63, 3.8) is 0 Å². The van der Waals surface area contributed by atoms with E-state index < -0.39 is 23.4 Å². The normalized spacial score (nSPS) is 16.0. The quantitative estimate of drug-likeness (QED) is 0.390. The molecule has 0 radical (unpaired) electrons. The molecule has 0 aromatic heterocycles. The van der Waals surface area contributed by atoms with Gasteiger partial charge in [-0.3, -0.25) is 0 Å². The number of nitrogens with zero attached hydrogens (tertiary/aromatic N) is 1. The van der Waals surface area contributed by atoms with Crippen molar-refractivity contribution in [2.24, 2.45) is 0 Å². The molecule has 1 unspecified atom stereocenters.